The smallest absolute Gasteiger partial charge is 0.295 e. The van der Waals surface area contributed by atoms with E-state index in [9.17, 15) is 42.8 Å². The maximum Gasteiger partial charge on any atom is 0.295 e. The fourth-order valence-electron chi connectivity index (χ4n) is 4.98. The Labute approximate surface area is 309 Å². The van der Waals surface area contributed by atoms with Crippen LogP contribution in [0.4, 0.5) is 17.1 Å². The number of thioether (sulfide) groups is 2. The van der Waals surface area contributed by atoms with Gasteiger partial charge in [-0.3, -0.25) is 34.2 Å². The highest BCUT2D eigenvalue weighted by atomic mass is 32.2. The number of aryl methyl sites for hydroxylation is 1. The summed E-state index contributed by atoms with van der Waals surface area (Å²) >= 11 is 2.70. The number of benzene rings is 3. The van der Waals surface area contributed by atoms with Gasteiger partial charge in [0, 0.05) is 16.8 Å². The number of rotatable bonds is 18. The summed E-state index contributed by atoms with van der Waals surface area (Å²) in [5.41, 5.74) is 6.49. The summed E-state index contributed by atoms with van der Waals surface area (Å²) < 4.78 is 136. The number of hydrogen-bond donors (Lipinski definition) is 10. The van der Waals surface area contributed by atoms with E-state index in [2.05, 4.69) is 32.1 Å². The largest absolute Gasteiger partial charge is 0.495 e. The molecule has 0 radical (unpaired) electrons. The van der Waals surface area contributed by atoms with Crippen molar-refractivity contribution >= 4 is 91.8 Å². The molecular formula is C27H38N6O13S6. The molecule has 1 aliphatic heterocycles. The third-order valence-corrected chi connectivity index (χ3v) is 12.9. The second-order valence-electron chi connectivity index (χ2n) is 11.3. The first-order valence-corrected chi connectivity index (χ1v) is 23.2. The Morgan fingerprint density at radius 1 is 0.712 bits per heavy atom. The first-order chi connectivity index (χ1) is 24.1. The quantitative estimate of drug-likeness (QED) is 0.0498. The number of anilines is 3. The minimum Gasteiger partial charge on any atom is -0.495 e. The third kappa shape index (κ3) is 12.5. The molecule has 290 valence electrons. The number of nitrogens with one attached hydrogen (secondary N) is 6. The maximum atomic E-state index is 12.2. The zero-order chi connectivity index (χ0) is 38.5. The lowest BCUT2D eigenvalue weighted by Crippen LogP contribution is -2.67. The predicted molar refractivity (Wildman–Crippen MR) is 200 cm³/mol. The van der Waals surface area contributed by atoms with E-state index in [0.29, 0.717) is 34.2 Å². The van der Waals surface area contributed by atoms with Gasteiger partial charge in [0.05, 0.1) is 35.7 Å². The highest BCUT2D eigenvalue weighted by Gasteiger charge is 2.28. The van der Waals surface area contributed by atoms with E-state index >= 15 is 0 Å². The van der Waals surface area contributed by atoms with Crippen molar-refractivity contribution in [2.45, 2.75) is 46.8 Å². The van der Waals surface area contributed by atoms with Crippen molar-refractivity contribution < 1.29 is 56.6 Å². The van der Waals surface area contributed by atoms with Crippen LogP contribution in [-0.4, -0.2) is 99.3 Å². The molecular weight excluding hydrogens is 809 g/mol. The fourth-order valence-corrected chi connectivity index (χ4v) is 9.90. The number of hydrazine groups is 1. The van der Waals surface area contributed by atoms with E-state index in [1.165, 1.54) is 48.8 Å². The van der Waals surface area contributed by atoms with Crippen LogP contribution in [0.2, 0.25) is 0 Å². The Morgan fingerprint density at radius 2 is 1.29 bits per heavy atom. The van der Waals surface area contributed by atoms with E-state index in [4.69, 9.17) is 13.8 Å². The molecule has 3 aromatic rings. The summed E-state index contributed by atoms with van der Waals surface area (Å²) in [6, 6.07) is 9.32. The third-order valence-electron chi connectivity index (χ3n) is 7.26. The molecule has 19 nitrogen and oxygen atoms in total. The molecule has 0 amide bonds. The number of ether oxygens (including phenoxy) is 1. The first-order valence-electron chi connectivity index (χ1n) is 15.0. The molecule has 0 aliphatic carbocycles. The first kappa shape index (κ1) is 42.1. The van der Waals surface area contributed by atoms with Crippen molar-refractivity contribution in [1.29, 1.82) is 0 Å². The van der Waals surface area contributed by atoms with Crippen LogP contribution in [-0.2, 0) is 40.5 Å². The van der Waals surface area contributed by atoms with Crippen molar-refractivity contribution in [3.63, 3.8) is 0 Å². The zero-order valence-electron chi connectivity index (χ0n) is 27.4. The molecule has 4 rings (SSSR count). The lowest BCUT2D eigenvalue weighted by atomic mass is 10.1. The van der Waals surface area contributed by atoms with Gasteiger partial charge in [0.15, 0.2) is 0 Å². The SMILES string of the molecule is COc1cc(NNc2cc(S(=O)(=O)O)c3cccc(S(=O)(=O)O)c3c2)c(C)cc1NC1NC(SCCCS(=O)(=O)O)NC(SCCCS(=O)(=O)O)N1. The highest BCUT2D eigenvalue weighted by Crippen LogP contribution is 2.34. The van der Waals surface area contributed by atoms with E-state index < -0.39 is 79.1 Å². The van der Waals surface area contributed by atoms with Gasteiger partial charge in [0.2, 0.25) is 0 Å². The Morgan fingerprint density at radius 3 is 1.81 bits per heavy atom. The Balaban J connectivity index is 1.53. The average molecular weight is 847 g/mol. The molecule has 0 spiro atoms. The molecule has 2 unspecified atom stereocenters. The second kappa shape index (κ2) is 17.2. The Kier molecular flexibility index (Phi) is 13.9. The molecule has 1 saturated heterocycles. The molecule has 0 aromatic heterocycles. The van der Waals surface area contributed by atoms with Crippen LogP contribution in [0, 0.1) is 6.92 Å². The lowest BCUT2D eigenvalue weighted by molar-refractivity contribution is 0.321. The van der Waals surface area contributed by atoms with Crippen LogP contribution in [0.15, 0.2) is 52.3 Å². The van der Waals surface area contributed by atoms with Crippen LogP contribution in [0.3, 0.4) is 0 Å². The van der Waals surface area contributed by atoms with Gasteiger partial charge in [-0.2, -0.15) is 33.7 Å². The summed E-state index contributed by atoms with van der Waals surface area (Å²) in [5.74, 6) is 0.277. The summed E-state index contributed by atoms with van der Waals surface area (Å²) in [7, 11) is -16.4. The van der Waals surface area contributed by atoms with Gasteiger partial charge >= 0.3 is 0 Å². The van der Waals surface area contributed by atoms with Crippen molar-refractivity contribution in [3.05, 3.63) is 48.0 Å². The number of hydrogen-bond acceptors (Lipinski definition) is 17. The van der Waals surface area contributed by atoms with Crippen LogP contribution >= 0.6 is 23.5 Å². The van der Waals surface area contributed by atoms with Crippen LogP contribution < -0.4 is 36.9 Å². The molecule has 2 atom stereocenters. The molecule has 0 bridgehead atoms. The molecule has 1 fully saturated rings. The van der Waals surface area contributed by atoms with Crippen LogP contribution in [0.5, 0.6) is 5.75 Å². The van der Waals surface area contributed by atoms with E-state index in [1.807, 2.05) is 0 Å². The van der Waals surface area contributed by atoms with Gasteiger partial charge in [0.1, 0.15) is 32.8 Å². The van der Waals surface area contributed by atoms with Gasteiger partial charge in [0.25, 0.3) is 40.5 Å². The molecule has 3 aromatic carbocycles. The lowest BCUT2D eigenvalue weighted by Gasteiger charge is -2.39. The molecule has 10 N–H and O–H groups in total. The molecule has 1 aliphatic rings. The van der Waals surface area contributed by atoms with Crippen molar-refractivity contribution in [1.82, 2.24) is 16.0 Å². The molecule has 25 heteroatoms. The highest BCUT2D eigenvalue weighted by molar-refractivity contribution is 8.00. The van der Waals surface area contributed by atoms with Gasteiger partial charge in [-0.1, -0.05) is 12.1 Å². The normalized spacial score (nSPS) is 18.6. The Hall–Kier alpha value is -2.66. The summed E-state index contributed by atoms with van der Waals surface area (Å²) in [6.07, 6.45) is -0.235. The number of fused-ring (bicyclic) bond motifs is 1. The summed E-state index contributed by atoms with van der Waals surface area (Å²) in [4.78, 5) is -1.16. The second-order valence-corrected chi connectivity index (χ2v) is 19.6. The van der Waals surface area contributed by atoms with Gasteiger partial charge in [-0.15, -0.1) is 23.5 Å². The Bertz CT molecular complexity index is 2160. The maximum absolute atomic E-state index is 12.2. The topological polar surface area (TPSA) is 299 Å². The minimum absolute atomic E-state index is 0.0279. The van der Waals surface area contributed by atoms with Crippen molar-refractivity contribution in [2.75, 3.05) is 46.3 Å². The number of methoxy groups -OCH3 is 1. The van der Waals surface area contributed by atoms with Gasteiger partial charge in [-0.25, -0.2) is 0 Å². The monoisotopic (exact) mass is 846 g/mol. The van der Waals surface area contributed by atoms with E-state index in [0.717, 1.165) is 12.1 Å². The standard InChI is InChI=1S/C27H38N6O13S6/c1-16-12-21(28-25-29-26(47-8-4-10-49(34,35)36)31-27(30-25)48-9-5-11-50(37,38)39)22(46-2)15-20(16)33-32-17-13-19-18(24(14-17)52(43,44)45)6-3-7-23(19)51(40,41)42/h3,6-7,12-15,25-33H,4-5,8-11H2,1-2H3,(H,34,35,36)(H,37,38,39)(H,40,41,42)(H,43,44,45). The molecule has 0 saturated carbocycles. The fraction of sp³-hybridized carbons (Fsp3) is 0.407. The molecule has 1 heterocycles. The zero-order valence-corrected chi connectivity index (χ0v) is 32.3. The van der Waals surface area contributed by atoms with Crippen LogP contribution in [0.1, 0.15) is 18.4 Å². The van der Waals surface area contributed by atoms with Crippen LogP contribution in [0.25, 0.3) is 10.8 Å². The molecule has 52 heavy (non-hydrogen) atoms. The summed E-state index contributed by atoms with van der Waals surface area (Å²) in [6.45, 7) is 1.75. The predicted octanol–water partition coefficient (Wildman–Crippen LogP) is 2.16. The summed E-state index contributed by atoms with van der Waals surface area (Å²) in [5, 5.41) is 12.8. The van der Waals surface area contributed by atoms with E-state index in [-0.39, 0.29) is 29.3 Å². The minimum atomic E-state index is -4.83. The van der Waals surface area contributed by atoms with Gasteiger partial charge < -0.3 is 20.9 Å². The van der Waals surface area contributed by atoms with Gasteiger partial charge in [-0.05, 0) is 61.1 Å². The van der Waals surface area contributed by atoms with Crippen molar-refractivity contribution in [3.8, 4) is 5.75 Å². The van der Waals surface area contributed by atoms with Crippen molar-refractivity contribution in [2.24, 2.45) is 0 Å². The van der Waals surface area contributed by atoms with E-state index in [1.54, 1.807) is 19.1 Å². The average Bonchev–Trinajstić information content (AvgIpc) is 3.02.